The molecule has 0 atom stereocenters. The predicted octanol–water partition coefficient (Wildman–Crippen LogP) is 7.26. The lowest BCUT2D eigenvalue weighted by molar-refractivity contribution is -0.117. The van der Waals surface area contributed by atoms with Crippen LogP contribution in [0, 0.1) is 13.8 Å². The lowest BCUT2D eigenvalue weighted by Gasteiger charge is -2.15. The van der Waals surface area contributed by atoms with E-state index in [9.17, 15) is 9.59 Å². The average molecular weight is 623 g/mol. The van der Waals surface area contributed by atoms with Crippen LogP contribution in [-0.2, 0) is 10.2 Å². The summed E-state index contributed by atoms with van der Waals surface area (Å²) in [5, 5.41) is 11.3. The molecule has 0 radical (unpaired) electrons. The van der Waals surface area contributed by atoms with Crippen LogP contribution in [0.5, 0.6) is 11.8 Å². The van der Waals surface area contributed by atoms with Gasteiger partial charge in [0.2, 0.25) is 5.91 Å². The second-order valence-electron chi connectivity index (χ2n) is 11.9. The number of aromatic nitrogens is 5. The third kappa shape index (κ3) is 6.55. The van der Waals surface area contributed by atoms with Gasteiger partial charge in [0.05, 0.1) is 34.3 Å². The Labute approximate surface area is 265 Å². The van der Waals surface area contributed by atoms with Crippen molar-refractivity contribution in [3.63, 3.8) is 0 Å². The molecule has 1 aliphatic heterocycles. The molecule has 6 rings (SSSR count). The maximum Gasteiger partial charge on any atom is 0.324 e. The van der Waals surface area contributed by atoms with Crippen LogP contribution < -0.4 is 20.3 Å². The summed E-state index contributed by atoms with van der Waals surface area (Å²) in [5.41, 5.74) is 5.13. The normalized spacial score (nSPS) is 13.3. The molecule has 11 nitrogen and oxygen atoms in total. The summed E-state index contributed by atoms with van der Waals surface area (Å²) >= 11 is 1.49. The Balaban J connectivity index is 1.10. The number of nitrogens with one attached hydrogen (secondary N) is 2. The van der Waals surface area contributed by atoms with Gasteiger partial charge in [0.1, 0.15) is 11.6 Å². The fourth-order valence-electron chi connectivity index (χ4n) is 4.86. The Morgan fingerprint density at radius 1 is 0.978 bits per heavy atom. The topological polar surface area (TPSA) is 127 Å². The van der Waals surface area contributed by atoms with Gasteiger partial charge in [0.15, 0.2) is 5.13 Å². The number of anilines is 3. The zero-order chi connectivity index (χ0) is 31.7. The molecule has 2 aromatic carbocycles. The van der Waals surface area contributed by atoms with Gasteiger partial charge in [-0.15, -0.1) is 0 Å². The summed E-state index contributed by atoms with van der Waals surface area (Å²) in [6.07, 6.45) is 6.19. The molecule has 4 heterocycles. The van der Waals surface area contributed by atoms with E-state index in [1.54, 1.807) is 15.8 Å². The maximum atomic E-state index is 13.0. The summed E-state index contributed by atoms with van der Waals surface area (Å²) in [6, 6.07) is 15.1. The number of rotatable bonds is 7. The number of hydrogen-bond donors (Lipinski definition) is 2. The molecule has 0 unspecified atom stereocenters. The summed E-state index contributed by atoms with van der Waals surface area (Å²) < 4.78 is 7.59. The van der Waals surface area contributed by atoms with Crippen LogP contribution in [0.15, 0.2) is 67.1 Å². The molecule has 5 aromatic rings. The first-order valence-corrected chi connectivity index (χ1v) is 15.5. The van der Waals surface area contributed by atoms with E-state index in [1.165, 1.54) is 23.7 Å². The van der Waals surface area contributed by atoms with E-state index >= 15 is 0 Å². The minimum Gasteiger partial charge on any atom is -0.424 e. The Morgan fingerprint density at radius 3 is 2.42 bits per heavy atom. The van der Waals surface area contributed by atoms with Crippen molar-refractivity contribution in [1.82, 2.24) is 24.7 Å². The lowest BCUT2D eigenvalue weighted by Crippen LogP contribution is -2.23. The van der Waals surface area contributed by atoms with E-state index in [4.69, 9.17) is 9.84 Å². The average Bonchev–Trinajstić information content (AvgIpc) is 3.76. The van der Waals surface area contributed by atoms with Gasteiger partial charge in [-0.25, -0.2) is 24.4 Å². The van der Waals surface area contributed by atoms with Crippen molar-refractivity contribution in [2.75, 3.05) is 22.1 Å². The van der Waals surface area contributed by atoms with E-state index in [0.717, 1.165) is 51.0 Å². The van der Waals surface area contributed by atoms with Crippen LogP contribution in [0.3, 0.4) is 0 Å². The molecule has 3 amide bonds. The molecular weight excluding hydrogens is 588 g/mol. The Kier molecular flexibility index (Phi) is 8.07. The van der Waals surface area contributed by atoms with Crippen molar-refractivity contribution in [2.45, 2.75) is 52.9 Å². The minimum atomic E-state index is -0.449. The van der Waals surface area contributed by atoms with Gasteiger partial charge in [0.25, 0.3) is 0 Å². The van der Waals surface area contributed by atoms with Gasteiger partial charge in [0, 0.05) is 30.6 Å². The first-order valence-electron chi connectivity index (χ1n) is 14.7. The SMILES string of the molecule is Cc1cccc(-n2nc(C(C)(C)C)cc2NC(=O)Nc2cnc(Oc3ccc(-c4cnc(N5CCCC5=O)s4)cc3)nc2)c1C. The highest BCUT2D eigenvalue weighted by Crippen LogP contribution is 2.34. The largest absolute Gasteiger partial charge is 0.424 e. The monoisotopic (exact) mass is 622 g/mol. The summed E-state index contributed by atoms with van der Waals surface area (Å²) in [7, 11) is 0. The van der Waals surface area contributed by atoms with Crippen molar-refractivity contribution < 1.29 is 14.3 Å². The van der Waals surface area contributed by atoms with Gasteiger partial charge in [-0.3, -0.25) is 15.0 Å². The molecule has 0 bridgehead atoms. The molecule has 12 heteroatoms. The number of nitrogens with zero attached hydrogens (tertiary/aromatic N) is 6. The van der Waals surface area contributed by atoms with E-state index < -0.39 is 6.03 Å². The van der Waals surface area contributed by atoms with Gasteiger partial charge < -0.3 is 10.1 Å². The minimum absolute atomic E-state index is 0.122. The van der Waals surface area contributed by atoms with Crippen LogP contribution in [0.1, 0.15) is 50.4 Å². The highest BCUT2D eigenvalue weighted by atomic mass is 32.1. The van der Waals surface area contributed by atoms with E-state index in [0.29, 0.717) is 23.7 Å². The Hall–Kier alpha value is -5.10. The fraction of sp³-hybridized carbons (Fsp3) is 0.273. The van der Waals surface area contributed by atoms with Crippen LogP contribution in [0.25, 0.3) is 16.1 Å². The second kappa shape index (κ2) is 12.1. The van der Waals surface area contributed by atoms with Gasteiger partial charge in [-0.1, -0.05) is 44.2 Å². The molecule has 1 aliphatic rings. The lowest BCUT2D eigenvalue weighted by atomic mass is 9.92. The van der Waals surface area contributed by atoms with Gasteiger partial charge >= 0.3 is 12.0 Å². The molecular formula is C33H34N8O3S. The van der Waals surface area contributed by atoms with Crippen molar-refractivity contribution in [3.05, 3.63) is 83.9 Å². The standard InChI is InChI=1S/C33H34N8O3S/c1-20-8-6-9-25(21(20)2)41-28(16-27(39-41)33(3,4)5)38-30(43)37-23-17-34-31(35-18-23)44-24-13-11-22(12-14-24)26-19-36-32(45-26)40-15-7-10-29(40)42/h6,8-9,11-14,16-19H,7,10,15H2,1-5H3,(H2,37,38,43). The second-order valence-corrected chi connectivity index (χ2v) is 12.9. The maximum absolute atomic E-state index is 13.0. The zero-order valence-corrected chi connectivity index (χ0v) is 26.6. The smallest absolute Gasteiger partial charge is 0.324 e. The van der Waals surface area contributed by atoms with Crippen LogP contribution in [0.4, 0.5) is 21.4 Å². The van der Waals surface area contributed by atoms with Crippen molar-refractivity contribution in [1.29, 1.82) is 0 Å². The zero-order valence-electron chi connectivity index (χ0n) is 25.8. The predicted molar refractivity (Wildman–Crippen MR) is 176 cm³/mol. The van der Waals surface area contributed by atoms with E-state index in [2.05, 4.69) is 46.4 Å². The first-order chi connectivity index (χ1) is 21.5. The number of aryl methyl sites for hydroxylation is 1. The number of hydrogen-bond acceptors (Lipinski definition) is 8. The number of ether oxygens (including phenoxy) is 1. The molecule has 0 saturated carbocycles. The fourth-order valence-corrected chi connectivity index (χ4v) is 5.83. The van der Waals surface area contributed by atoms with E-state index in [1.807, 2.05) is 62.4 Å². The Bertz CT molecular complexity index is 1860. The van der Waals surface area contributed by atoms with Crippen molar-refractivity contribution in [3.8, 4) is 27.9 Å². The first kappa shape index (κ1) is 29.9. The number of carbonyl (C=O) groups excluding carboxylic acids is 2. The number of thiazole rings is 1. The van der Waals surface area contributed by atoms with E-state index in [-0.39, 0.29) is 17.3 Å². The highest BCUT2D eigenvalue weighted by molar-refractivity contribution is 7.19. The third-order valence-electron chi connectivity index (χ3n) is 7.56. The van der Waals surface area contributed by atoms with Gasteiger partial charge in [-0.05, 0) is 67.3 Å². The van der Waals surface area contributed by atoms with Crippen LogP contribution in [0.2, 0.25) is 0 Å². The number of amides is 3. The van der Waals surface area contributed by atoms with Crippen molar-refractivity contribution >= 4 is 39.9 Å². The molecule has 1 saturated heterocycles. The number of urea groups is 1. The summed E-state index contributed by atoms with van der Waals surface area (Å²) in [6.45, 7) is 11.1. The Morgan fingerprint density at radius 2 is 1.73 bits per heavy atom. The number of carbonyl (C=O) groups is 2. The molecule has 3 aromatic heterocycles. The summed E-state index contributed by atoms with van der Waals surface area (Å²) in [4.78, 5) is 40.7. The van der Waals surface area contributed by atoms with Gasteiger partial charge in [-0.2, -0.15) is 5.10 Å². The molecule has 230 valence electrons. The highest BCUT2D eigenvalue weighted by Gasteiger charge is 2.25. The third-order valence-corrected chi connectivity index (χ3v) is 8.62. The quantitative estimate of drug-likeness (QED) is 0.196. The molecule has 0 spiro atoms. The van der Waals surface area contributed by atoms with Crippen molar-refractivity contribution in [2.24, 2.45) is 0 Å². The molecule has 0 aliphatic carbocycles. The summed E-state index contributed by atoms with van der Waals surface area (Å²) in [5.74, 6) is 1.23. The molecule has 45 heavy (non-hydrogen) atoms. The van der Waals surface area contributed by atoms with Crippen LogP contribution in [-0.4, -0.2) is 43.2 Å². The molecule has 2 N–H and O–H groups in total. The molecule has 1 fully saturated rings. The number of benzene rings is 2. The van der Waals surface area contributed by atoms with Crippen LogP contribution >= 0.6 is 11.3 Å².